The van der Waals surface area contributed by atoms with Crippen LogP contribution in [0.25, 0.3) is 44.3 Å². The number of hydrogen-bond donors (Lipinski definition) is 2. The van der Waals surface area contributed by atoms with Crippen LogP contribution in [0.1, 0.15) is 117 Å². The third kappa shape index (κ3) is 8.67. The van der Waals surface area contributed by atoms with Crippen LogP contribution in [-0.4, -0.2) is 33.9 Å². The second kappa shape index (κ2) is 20.3. The van der Waals surface area contributed by atoms with Gasteiger partial charge >= 0.3 is 0 Å². The highest BCUT2D eigenvalue weighted by molar-refractivity contribution is 5.94. The Bertz CT molecular complexity index is 1940. The number of amides is 1. The third-order valence-corrected chi connectivity index (χ3v) is 9.50. The molecular weight excluding hydrogens is 622 g/mol. The van der Waals surface area contributed by atoms with E-state index < -0.39 is 0 Å². The van der Waals surface area contributed by atoms with Gasteiger partial charge in [0.2, 0.25) is 5.91 Å². The molecule has 2 aliphatic carbocycles. The number of rotatable bonds is 4. The van der Waals surface area contributed by atoms with Gasteiger partial charge in [0.25, 0.3) is 0 Å². The second-order valence-electron chi connectivity index (χ2n) is 12.0. The van der Waals surface area contributed by atoms with Gasteiger partial charge < -0.3 is 14.9 Å². The summed E-state index contributed by atoms with van der Waals surface area (Å²) in [5, 5.41) is 2.64. The maximum atomic E-state index is 12.8. The maximum Gasteiger partial charge on any atom is 0.223 e. The molecule has 0 fully saturated rings. The highest BCUT2D eigenvalue weighted by atomic mass is 16.1. The Kier molecular flexibility index (Phi) is 16.3. The first-order valence-electron chi connectivity index (χ1n) is 19.7. The highest BCUT2D eigenvalue weighted by Gasteiger charge is 2.30. The van der Waals surface area contributed by atoms with Crippen LogP contribution in [0.4, 0.5) is 0 Å². The summed E-state index contributed by atoms with van der Waals surface area (Å²) in [6, 6.07) is 34.4. The lowest BCUT2D eigenvalue weighted by Crippen LogP contribution is -2.32. The van der Waals surface area contributed by atoms with Crippen LogP contribution in [0, 0.1) is 0 Å². The van der Waals surface area contributed by atoms with Crippen molar-refractivity contribution in [3.8, 4) is 22.5 Å². The summed E-state index contributed by atoms with van der Waals surface area (Å²) in [6.07, 6.45) is 2.65. The minimum atomic E-state index is 0.231. The van der Waals surface area contributed by atoms with E-state index in [9.17, 15) is 4.79 Å². The number of H-pyrrole nitrogens is 2. The highest BCUT2D eigenvalue weighted by Crippen LogP contribution is 2.45. The van der Waals surface area contributed by atoms with Crippen molar-refractivity contribution in [1.29, 1.82) is 0 Å². The van der Waals surface area contributed by atoms with Gasteiger partial charge in [-0.05, 0) is 72.9 Å². The lowest BCUT2D eigenvalue weighted by atomic mass is 9.72. The summed E-state index contributed by atoms with van der Waals surface area (Å²) >= 11 is 0. The predicted molar refractivity (Wildman–Crippen MR) is 224 cm³/mol. The van der Waals surface area contributed by atoms with E-state index in [4.69, 9.17) is 0 Å². The van der Waals surface area contributed by atoms with E-state index in [1.807, 2.05) is 60.3 Å². The molecule has 4 nitrogen and oxygen atoms in total. The van der Waals surface area contributed by atoms with E-state index in [2.05, 4.69) is 128 Å². The van der Waals surface area contributed by atoms with Gasteiger partial charge in [0.15, 0.2) is 0 Å². The fraction of sp³-hybridized carbons (Fsp3) is 0.383. The van der Waals surface area contributed by atoms with Gasteiger partial charge in [0.1, 0.15) is 0 Å². The van der Waals surface area contributed by atoms with Crippen molar-refractivity contribution in [3.05, 3.63) is 119 Å². The average molecular weight is 685 g/mol. The number of aromatic amines is 2. The fourth-order valence-electron chi connectivity index (χ4n) is 7.46. The summed E-state index contributed by atoms with van der Waals surface area (Å²) < 4.78 is 0. The Balaban J connectivity index is 0.000000238. The first-order valence-corrected chi connectivity index (χ1v) is 19.7. The molecule has 8 rings (SSSR count). The van der Waals surface area contributed by atoms with Gasteiger partial charge in [-0.25, -0.2) is 0 Å². The molecule has 0 bridgehead atoms. The zero-order valence-corrected chi connectivity index (χ0v) is 33.3. The fourth-order valence-corrected chi connectivity index (χ4v) is 7.46. The molecule has 0 saturated heterocycles. The van der Waals surface area contributed by atoms with Crippen molar-refractivity contribution >= 4 is 27.7 Å². The summed E-state index contributed by atoms with van der Waals surface area (Å²) in [7, 11) is 0. The Morgan fingerprint density at radius 2 is 1.00 bits per heavy atom. The number of hydrogen-bond acceptors (Lipinski definition) is 1. The van der Waals surface area contributed by atoms with Gasteiger partial charge in [0.05, 0.1) is 11.4 Å². The largest absolute Gasteiger partial charge is 0.354 e. The van der Waals surface area contributed by atoms with Crippen molar-refractivity contribution < 1.29 is 4.79 Å². The summed E-state index contributed by atoms with van der Waals surface area (Å²) in [4.78, 5) is 21.9. The Labute approximate surface area is 308 Å². The number of carbonyl (C=O) groups is 1. The third-order valence-electron chi connectivity index (χ3n) is 9.50. The van der Waals surface area contributed by atoms with E-state index in [0.717, 1.165) is 31.4 Å². The van der Waals surface area contributed by atoms with E-state index in [0.29, 0.717) is 12.3 Å². The minimum absolute atomic E-state index is 0.231. The predicted octanol–water partition coefficient (Wildman–Crippen LogP) is 13.3. The molecule has 0 spiro atoms. The van der Waals surface area contributed by atoms with Crippen LogP contribution in [-0.2, 0) is 17.6 Å². The Hall–Kier alpha value is -4.57. The molecule has 272 valence electrons. The summed E-state index contributed by atoms with van der Waals surface area (Å²) in [5.74, 6) is 1.07. The molecule has 0 saturated carbocycles. The zero-order chi connectivity index (χ0) is 37.5. The Morgan fingerprint density at radius 3 is 1.51 bits per heavy atom. The lowest BCUT2D eigenvalue weighted by Gasteiger charge is -2.27. The zero-order valence-electron chi connectivity index (χ0n) is 33.3. The molecule has 2 aliphatic rings. The Morgan fingerprint density at radius 1 is 0.588 bits per heavy atom. The van der Waals surface area contributed by atoms with E-state index in [1.165, 1.54) is 61.1 Å². The van der Waals surface area contributed by atoms with Crippen molar-refractivity contribution in [3.63, 3.8) is 0 Å². The SMILES string of the molecule is CC.CC.CC.CC.CC1Cc2ccccc2-c2[nH]c3ccccc3c21.CCN(CC)[11C](=O)CC1Cc2ccccc2-c2[nH]c3ccccc3c21. The molecule has 4 heteroatoms. The van der Waals surface area contributed by atoms with Gasteiger partial charge in [-0.1, -0.05) is 147 Å². The monoisotopic (exact) mass is 685 g/mol. The van der Waals surface area contributed by atoms with Crippen molar-refractivity contribution in [2.24, 2.45) is 0 Å². The van der Waals surface area contributed by atoms with Gasteiger partial charge in [-0.15, -0.1) is 0 Å². The minimum Gasteiger partial charge on any atom is -0.354 e. The molecule has 2 atom stereocenters. The van der Waals surface area contributed by atoms with Crippen LogP contribution >= 0.6 is 0 Å². The van der Waals surface area contributed by atoms with Crippen molar-refractivity contribution in [2.45, 2.75) is 107 Å². The van der Waals surface area contributed by atoms with Gasteiger partial charge in [0, 0.05) is 52.4 Å². The number of benzene rings is 4. The van der Waals surface area contributed by atoms with E-state index >= 15 is 0 Å². The van der Waals surface area contributed by atoms with Gasteiger partial charge in [-0.3, -0.25) is 4.79 Å². The first kappa shape index (κ1) is 40.9. The normalized spacial score (nSPS) is 14.3. The molecule has 2 heterocycles. The average Bonchev–Trinajstić information content (AvgIpc) is 3.80. The molecule has 4 aromatic carbocycles. The molecule has 1 amide bonds. The van der Waals surface area contributed by atoms with Crippen LogP contribution in [0.5, 0.6) is 0 Å². The summed E-state index contributed by atoms with van der Waals surface area (Å²) in [6.45, 7) is 24.0. The van der Waals surface area contributed by atoms with Crippen molar-refractivity contribution in [2.75, 3.05) is 13.1 Å². The van der Waals surface area contributed by atoms with Crippen molar-refractivity contribution in [1.82, 2.24) is 14.9 Å². The molecule has 51 heavy (non-hydrogen) atoms. The summed E-state index contributed by atoms with van der Waals surface area (Å²) in [5.41, 5.74) is 13.2. The molecular formula is C47H63N3O. The second-order valence-corrected chi connectivity index (χ2v) is 12.0. The molecule has 2 N–H and O–H groups in total. The van der Waals surface area contributed by atoms with E-state index in [1.54, 1.807) is 0 Å². The smallest absolute Gasteiger partial charge is 0.223 e. The maximum absolute atomic E-state index is 12.8. The number of nitrogens with one attached hydrogen (secondary N) is 2. The van der Waals surface area contributed by atoms with Crippen LogP contribution in [0.2, 0.25) is 0 Å². The number of nitrogens with zero attached hydrogens (tertiary/aromatic N) is 1. The molecule has 2 aromatic heterocycles. The van der Waals surface area contributed by atoms with Crippen LogP contribution in [0.3, 0.4) is 0 Å². The number of para-hydroxylation sites is 2. The molecule has 0 aliphatic heterocycles. The molecule has 0 radical (unpaired) electrons. The standard InChI is InChI=1S/C22H24N2O.C17H15N.4C2H6/c1-3-24(4-2)20(25)14-16-13-15-9-5-6-10-17(15)22-21(16)18-11-7-8-12-19(18)23-22;1-11-10-12-6-2-3-7-13(12)17-16(11)14-8-4-5-9-15(14)18-17;4*1-2/h5-12,16,23H,3-4,13-14H2,1-2H3;2-9,11,18H,10H2,1H3;4*1-2H3/i20-1;;;;;. The molecule has 6 aromatic rings. The number of aromatic nitrogens is 2. The lowest BCUT2D eigenvalue weighted by molar-refractivity contribution is -0.131. The van der Waals surface area contributed by atoms with Gasteiger partial charge in [-0.2, -0.15) is 0 Å². The number of fused-ring (bicyclic) bond motifs is 10. The first-order chi connectivity index (χ1) is 25.1. The quantitative estimate of drug-likeness (QED) is 0.191. The number of carbonyl (C=O) groups excluding carboxylic acids is 1. The van der Waals surface area contributed by atoms with Crippen LogP contribution < -0.4 is 0 Å². The van der Waals surface area contributed by atoms with Crippen LogP contribution in [0.15, 0.2) is 97.1 Å². The molecule has 2 unspecified atom stereocenters. The van der Waals surface area contributed by atoms with E-state index in [-0.39, 0.29) is 11.8 Å². The topological polar surface area (TPSA) is 51.9 Å².